The molecule has 0 aliphatic carbocycles. The smallest absolute Gasteiger partial charge is 0.276 e. The summed E-state index contributed by atoms with van der Waals surface area (Å²) in [6, 6.07) is 15.4. The lowest BCUT2D eigenvalue weighted by Crippen LogP contribution is -2.43. The van der Waals surface area contributed by atoms with Crippen LogP contribution in [0.5, 0.6) is 11.6 Å². The Morgan fingerprint density at radius 3 is 2.46 bits per heavy atom. The quantitative estimate of drug-likeness (QED) is 0.332. The van der Waals surface area contributed by atoms with E-state index in [0.29, 0.717) is 22.3 Å². The summed E-state index contributed by atoms with van der Waals surface area (Å²) in [5, 5.41) is 7.32. The van der Waals surface area contributed by atoms with Crippen LogP contribution in [0.1, 0.15) is 22.8 Å². The van der Waals surface area contributed by atoms with Crippen molar-refractivity contribution in [3.8, 4) is 11.6 Å². The Kier molecular flexibility index (Phi) is 7.07. The fraction of sp³-hybridized carbons (Fsp3) is 0.0870. The van der Waals surface area contributed by atoms with Crippen LogP contribution in [-0.4, -0.2) is 26.5 Å². The van der Waals surface area contributed by atoms with Gasteiger partial charge in [-0.3, -0.25) is 29.8 Å². The zero-order valence-electron chi connectivity index (χ0n) is 18.3. The molecule has 4 rings (SSSR count). The lowest BCUT2D eigenvalue weighted by Gasteiger charge is -2.15. The lowest BCUT2D eigenvalue weighted by molar-refractivity contribution is -0.119. The molecule has 2 aromatic carbocycles. The maximum Gasteiger partial charge on any atom is 0.276 e. The predicted octanol–water partition coefficient (Wildman–Crippen LogP) is 3.25. The molecule has 178 valence electrons. The molecule has 2 aromatic heterocycles. The third kappa shape index (κ3) is 6.03. The maximum atomic E-state index is 13.2. The van der Waals surface area contributed by atoms with Crippen molar-refractivity contribution < 1.29 is 18.8 Å². The highest BCUT2D eigenvalue weighted by Gasteiger charge is 2.17. The van der Waals surface area contributed by atoms with E-state index in [9.17, 15) is 14.4 Å². The molecule has 0 bridgehead atoms. The molecule has 0 aliphatic rings. The summed E-state index contributed by atoms with van der Waals surface area (Å²) in [5.74, 6) is -0.227. The number of rotatable bonds is 7. The van der Waals surface area contributed by atoms with Crippen LogP contribution in [0, 0.1) is 0 Å². The summed E-state index contributed by atoms with van der Waals surface area (Å²) in [5.41, 5.74) is 4.86. The SMILES string of the molecule is CC(=O)NNC(=O)c1cnc(Nc2ccc(Oc3ccon3)cc2)n(Cc2ccc(Cl)cc2)c1=O. The minimum Gasteiger partial charge on any atom is -0.436 e. The molecule has 3 N–H and O–H groups in total. The van der Waals surface area contributed by atoms with E-state index in [-0.39, 0.29) is 18.1 Å². The molecule has 0 saturated carbocycles. The normalized spacial score (nSPS) is 10.5. The Morgan fingerprint density at radius 1 is 1.06 bits per heavy atom. The first-order valence-corrected chi connectivity index (χ1v) is 10.6. The first-order valence-electron chi connectivity index (χ1n) is 10.3. The van der Waals surface area contributed by atoms with E-state index in [1.165, 1.54) is 17.8 Å². The van der Waals surface area contributed by atoms with E-state index in [4.69, 9.17) is 20.9 Å². The van der Waals surface area contributed by atoms with Crippen molar-refractivity contribution in [1.82, 2.24) is 25.6 Å². The topological polar surface area (TPSA) is 140 Å². The van der Waals surface area contributed by atoms with Gasteiger partial charge in [0.2, 0.25) is 11.9 Å². The van der Waals surface area contributed by atoms with Crippen molar-refractivity contribution in [1.29, 1.82) is 0 Å². The Labute approximate surface area is 203 Å². The highest BCUT2D eigenvalue weighted by atomic mass is 35.5. The minimum absolute atomic E-state index is 0.111. The first-order chi connectivity index (χ1) is 16.9. The molecule has 0 radical (unpaired) electrons. The van der Waals surface area contributed by atoms with Crippen molar-refractivity contribution in [3.05, 3.63) is 93.6 Å². The average molecular weight is 495 g/mol. The van der Waals surface area contributed by atoms with E-state index >= 15 is 0 Å². The van der Waals surface area contributed by atoms with Gasteiger partial charge in [0.05, 0.1) is 6.54 Å². The van der Waals surface area contributed by atoms with Crippen molar-refractivity contribution in [3.63, 3.8) is 0 Å². The monoisotopic (exact) mass is 494 g/mol. The number of hydrazine groups is 1. The van der Waals surface area contributed by atoms with Gasteiger partial charge in [-0.2, -0.15) is 0 Å². The van der Waals surface area contributed by atoms with Gasteiger partial charge in [-0.25, -0.2) is 4.98 Å². The fourth-order valence-corrected chi connectivity index (χ4v) is 3.12. The molecule has 11 nitrogen and oxygen atoms in total. The van der Waals surface area contributed by atoms with Gasteiger partial charge in [-0.15, -0.1) is 0 Å². The number of carbonyl (C=O) groups is 2. The number of hydrogen-bond acceptors (Lipinski definition) is 8. The number of halogens is 1. The van der Waals surface area contributed by atoms with Crippen molar-refractivity contribution in [2.75, 3.05) is 5.32 Å². The van der Waals surface area contributed by atoms with Gasteiger partial charge in [0, 0.05) is 29.9 Å². The molecule has 0 fully saturated rings. The highest BCUT2D eigenvalue weighted by Crippen LogP contribution is 2.23. The van der Waals surface area contributed by atoms with Crippen LogP contribution >= 0.6 is 11.6 Å². The van der Waals surface area contributed by atoms with Crippen LogP contribution in [-0.2, 0) is 11.3 Å². The number of hydrogen-bond donors (Lipinski definition) is 3. The second-order valence-corrected chi connectivity index (χ2v) is 7.67. The molecule has 2 heterocycles. The summed E-state index contributed by atoms with van der Waals surface area (Å²) < 4.78 is 11.6. The Hall–Kier alpha value is -4.64. The summed E-state index contributed by atoms with van der Waals surface area (Å²) >= 11 is 5.97. The predicted molar refractivity (Wildman–Crippen MR) is 127 cm³/mol. The van der Waals surface area contributed by atoms with Crippen LogP contribution in [0.25, 0.3) is 0 Å². The van der Waals surface area contributed by atoms with Crippen molar-refractivity contribution >= 4 is 35.1 Å². The third-order valence-corrected chi connectivity index (χ3v) is 4.90. The van der Waals surface area contributed by atoms with Crippen LogP contribution in [0.3, 0.4) is 0 Å². The molecule has 0 saturated heterocycles. The largest absolute Gasteiger partial charge is 0.436 e. The summed E-state index contributed by atoms with van der Waals surface area (Å²) in [6.07, 6.45) is 2.54. The number of carbonyl (C=O) groups excluding carboxylic acids is 2. The number of anilines is 2. The number of amides is 2. The molecular weight excluding hydrogens is 476 g/mol. The molecule has 0 aliphatic heterocycles. The van der Waals surface area contributed by atoms with E-state index in [2.05, 4.69) is 26.3 Å². The van der Waals surface area contributed by atoms with Gasteiger partial charge in [-0.05, 0) is 47.1 Å². The molecule has 2 amide bonds. The number of ether oxygens (including phenoxy) is 1. The van der Waals surface area contributed by atoms with Gasteiger partial charge < -0.3 is 14.6 Å². The minimum atomic E-state index is -0.788. The second-order valence-electron chi connectivity index (χ2n) is 7.24. The zero-order chi connectivity index (χ0) is 24.8. The number of nitrogens with one attached hydrogen (secondary N) is 3. The van der Waals surface area contributed by atoms with Crippen molar-refractivity contribution in [2.24, 2.45) is 0 Å². The number of benzene rings is 2. The van der Waals surface area contributed by atoms with Crippen LogP contribution < -0.4 is 26.5 Å². The standard InChI is InChI=1S/C23H19ClN6O5/c1-14(31)27-28-21(32)19-12-25-23(30(22(19)33)13-15-2-4-16(24)5-3-15)26-17-6-8-18(9-7-17)35-20-10-11-34-29-20/h2-12H,13H2,1H3,(H,25,26)(H,27,31)(H,28,32). The second kappa shape index (κ2) is 10.5. The van der Waals surface area contributed by atoms with E-state index < -0.39 is 17.4 Å². The molecule has 35 heavy (non-hydrogen) atoms. The van der Waals surface area contributed by atoms with Gasteiger partial charge in [-0.1, -0.05) is 23.7 Å². The summed E-state index contributed by atoms with van der Waals surface area (Å²) in [4.78, 5) is 41.0. The van der Waals surface area contributed by atoms with Gasteiger partial charge >= 0.3 is 0 Å². The molecule has 0 unspecified atom stereocenters. The summed E-state index contributed by atoms with van der Waals surface area (Å²) in [7, 11) is 0. The van der Waals surface area contributed by atoms with Crippen LogP contribution in [0.2, 0.25) is 5.02 Å². The Balaban J connectivity index is 1.62. The van der Waals surface area contributed by atoms with Gasteiger partial charge in [0.15, 0.2) is 0 Å². The Morgan fingerprint density at radius 2 is 1.80 bits per heavy atom. The van der Waals surface area contributed by atoms with Crippen molar-refractivity contribution in [2.45, 2.75) is 13.5 Å². The van der Waals surface area contributed by atoms with E-state index in [1.54, 1.807) is 54.6 Å². The highest BCUT2D eigenvalue weighted by molar-refractivity contribution is 6.30. The molecule has 4 aromatic rings. The molecular formula is C23H19ClN6O5. The van der Waals surface area contributed by atoms with E-state index in [1.807, 2.05) is 0 Å². The summed E-state index contributed by atoms with van der Waals surface area (Å²) in [6.45, 7) is 1.34. The fourth-order valence-electron chi connectivity index (χ4n) is 2.99. The Bertz CT molecular complexity index is 1390. The van der Waals surface area contributed by atoms with Gasteiger partial charge in [0.25, 0.3) is 17.3 Å². The molecule has 0 spiro atoms. The average Bonchev–Trinajstić information content (AvgIpc) is 3.35. The van der Waals surface area contributed by atoms with E-state index in [0.717, 1.165) is 11.8 Å². The van der Waals surface area contributed by atoms with Gasteiger partial charge in [0.1, 0.15) is 17.6 Å². The maximum absolute atomic E-state index is 13.2. The first kappa shape index (κ1) is 23.5. The van der Waals surface area contributed by atoms with Crippen LogP contribution in [0.4, 0.5) is 11.6 Å². The number of nitrogens with zero attached hydrogens (tertiary/aromatic N) is 3. The molecule has 12 heteroatoms. The zero-order valence-corrected chi connectivity index (χ0v) is 19.1. The number of aromatic nitrogens is 3. The van der Waals surface area contributed by atoms with Crippen LogP contribution in [0.15, 0.2) is 76.4 Å². The lowest BCUT2D eigenvalue weighted by atomic mass is 10.2. The third-order valence-electron chi connectivity index (χ3n) is 4.64. The molecule has 0 atom stereocenters.